The SMILES string of the molecule is CCc1nnc(NC(=O)/C(C#N)=C\c2cn(CCOc3ccccc3)c3ccccc23)s1. The Hall–Kier alpha value is -3.96. The molecule has 0 unspecified atom stereocenters. The molecule has 2 aromatic heterocycles. The van der Waals surface area contributed by atoms with Crippen LogP contribution in [0.5, 0.6) is 5.75 Å². The Balaban J connectivity index is 1.55. The maximum atomic E-state index is 12.6. The van der Waals surface area contributed by atoms with Crippen LogP contribution in [0.25, 0.3) is 17.0 Å². The number of carbonyl (C=O) groups is 1. The fourth-order valence-electron chi connectivity index (χ4n) is 3.27. The van der Waals surface area contributed by atoms with Gasteiger partial charge in [0.15, 0.2) is 0 Å². The standard InChI is InChI=1S/C24H21N5O2S/c1-2-22-27-28-24(32-22)26-23(30)17(15-25)14-18-16-29(21-11-7-6-10-20(18)21)12-13-31-19-8-4-3-5-9-19/h3-11,14,16H,2,12-13H2,1H3,(H,26,28,30)/b17-14-. The minimum Gasteiger partial charge on any atom is -0.492 e. The Morgan fingerprint density at radius 1 is 1.19 bits per heavy atom. The molecule has 7 nitrogen and oxygen atoms in total. The molecule has 2 heterocycles. The van der Waals surface area contributed by atoms with Crippen molar-refractivity contribution in [3.63, 3.8) is 0 Å². The Kier molecular flexibility index (Phi) is 6.58. The van der Waals surface area contributed by atoms with Crippen LogP contribution in [0.4, 0.5) is 5.13 Å². The second-order valence-corrected chi connectivity index (χ2v) is 8.00. The van der Waals surface area contributed by atoms with Crippen LogP contribution in [0.1, 0.15) is 17.5 Å². The van der Waals surface area contributed by atoms with Gasteiger partial charge in [0.25, 0.3) is 5.91 Å². The first-order valence-electron chi connectivity index (χ1n) is 10.2. The molecule has 2 aromatic carbocycles. The highest BCUT2D eigenvalue weighted by Gasteiger charge is 2.14. The summed E-state index contributed by atoms with van der Waals surface area (Å²) in [4.78, 5) is 12.6. The summed E-state index contributed by atoms with van der Waals surface area (Å²) in [6, 6.07) is 19.5. The molecule has 1 amide bonds. The molecule has 0 aliphatic heterocycles. The summed E-state index contributed by atoms with van der Waals surface area (Å²) in [5.41, 5.74) is 1.80. The molecule has 0 aliphatic carbocycles. The Bertz CT molecular complexity index is 1300. The lowest BCUT2D eigenvalue weighted by Crippen LogP contribution is -2.13. The van der Waals surface area contributed by atoms with E-state index < -0.39 is 5.91 Å². The number of aromatic nitrogens is 3. The van der Waals surface area contributed by atoms with E-state index >= 15 is 0 Å². The number of para-hydroxylation sites is 2. The molecule has 0 bridgehead atoms. The van der Waals surface area contributed by atoms with Crippen LogP contribution >= 0.6 is 11.3 Å². The fourth-order valence-corrected chi connectivity index (χ4v) is 3.94. The summed E-state index contributed by atoms with van der Waals surface area (Å²) in [5, 5.41) is 22.4. The maximum Gasteiger partial charge on any atom is 0.268 e. The normalized spacial score (nSPS) is 11.3. The van der Waals surface area contributed by atoms with Crippen molar-refractivity contribution in [2.24, 2.45) is 0 Å². The highest BCUT2D eigenvalue weighted by Crippen LogP contribution is 2.24. The monoisotopic (exact) mass is 443 g/mol. The van der Waals surface area contributed by atoms with Crippen molar-refractivity contribution >= 4 is 39.4 Å². The van der Waals surface area contributed by atoms with E-state index in [0.717, 1.165) is 33.6 Å². The van der Waals surface area contributed by atoms with Gasteiger partial charge >= 0.3 is 0 Å². The van der Waals surface area contributed by atoms with Crippen molar-refractivity contribution in [2.75, 3.05) is 11.9 Å². The van der Waals surface area contributed by atoms with E-state index in [0.29, 0.717) is 18.3 Å². The van der Waals surface area contributed by atoms with Crippen molar-refractivity contribution in [2.45, 2.75) is 19.9 Å². The summed E-state index contributed by atoms with van der Waals surface area (Å²) < 4.78 is 7.89. The number of carbonyl (C=O) groups excluding carboxylic acids is 1. The van der Waals surface area contributed by atoms with Gasteiger partial charge in [-0.3, -0.25) is 10.1 Å². The predicted molar refractivity (Wildman–Crippen MR) is 125 cm³/mol. The van der Waals surface area contributed by atoms with E-state index in [1.807, 2.05) is 73.8 Å². The number of aryl methyl sites for hydroxylation is 1. The zero-order chi connectivity index (χ0) is 22.3. The molecule has 0 atom stereocenters. The van der Waals surface area contributed by atoms with Crippen LogP contribution in [0.2, 0.25) is 0 Å². The average Bonchev–Trinajstić information content (AvgIpc) is 3.42. The summed E-state index contributed by atoms with van der Waals surface area (Å²) >= 11 is 1.30. The van der Waals surface area contributed by atoms with Crippen molar-refractivity contribution in [3.8, 4) is 11.8 Å². The first-order valence-corrected chi connectivity index (χ1v) is 11.0. The molecule has 0 spiro atoms. The highest BCUT2D eigenvalue weighted by molar-refractivity contribution is 7.15. The maximum absolute atomic E-state index is 12.6. The van der Waals surface area contributed by atoms with Gasteiger partial charge in [0.05, 0.1) is 6.54 Å². The molecule has 160 valence electrons. The van der Waals surface area contributed by atoms with Gasteiger partial charge in [-0.1, -0.05) is 54.7 Å². The molecule has 8 heteroatoms. The lowest BCUT2D eigenvalue weighted by atomic mass is 10.1. The molecule has 0 aliphatic rings. The first-order chi connectivity index (χ1) is 15.7. The van der Waals surface area contributed by atoms with Gasteiger partial charge in [0.1, 0.15) is 29.0 Å². The minimum absolute atomic E-state index is 0.00156. The molecule has 32 heavy (non-hydrogen) atoms. The quantitative estimate of drug-likeness (QED) is 0.315. The van der Waals surface area contributed by atoms with Gasteiger partial charge in [0, 0.05) is 22.7 Å². The number of hydrogen-bond donors (Lipinski definition) is 1. The fraction of sp³-hybridized carbons (Fsp3) is 0.167. The van der Waals surface area contributed by atoms with Gasteiger partial charge in [-0.2, -0.15) is 5.26 Å². The molecule has 4 aromatic rings. The second-order valence-electron chi connectivity index (χ2n) is 6.93. The van der Waals surface area contributed by atoms with E-state index in [-0.39, 0.29) is 5.57 Å². The topological polar surface area (TPSA) is 92.8 Å². The summed E-state index contributed by atoms with van der Waals surface area (Å²) in [6.07, 6.45) is 4.28. The molecule has 4 rings (SSSR count). The average molecular weight is 444 g/mol. The van der Waals surface area contributed by atoms with Crippen LogP contribution in [0.3, 0.4) is 0 Å². The zero-order valence-corrected chi connectivity index (χ0v) is 18.3. The number of benzene rings is 2. The number of rotatable bonds is 8. The summed E-state index contributed by atoms with van der Waals surface area (Å²) in [7, 11) is 0. The summed E-state index contributed by atoms with van der Waals surface area (Å²) in [6.45, 7) is 3.09. The number of anilines is 1. The Morgan fingerprint density at radius 2 is 1.97 bits per heavy atom. The van der Waals surface area contributed by atoms with Crippen LogP contribution in [-0.4, -0.2) is 27.3 Å². The van der Waals surface area contributed by atoms with E-state index in [1.54, 1.807) is 6.08 Å². The number of fused-ring (bicyclic) bond motifs is 1. The van der Waals surface area contributed by atoms with Gasteiger partial charge in [0.2, 0.25) is 5.13 Å². The van der Waals surface area contributed by atoms with Gasteiger partial charge in [-0.15, -0.1) is 10.2 Å². The van der Waals surface area contributed by atoms with Crippen LogP contribution in [-0.2, 0) is 17.8 Å². The van der Waals surface area contributed by atoms with E-state index in [9.17, 15) is 10.1 Å². The molecular weight excluding hydrogens is 422 g/mol. The molecular formula is C24H21N5O2S. The van der Waals surface area contributed by atoms with E-state index in [2.05, 4.69) is 20.1 Å². The number of amides is 1. The van der Waals surface area contributed by atoms with Crippen LogP contribution in [0, 0.1) is 11.3 Å². The molecule has 0 fully saturated rings. The number of nitrogens with one attached hydrogen (secondary N) is 1. The van der Waals surface area contributed by atoms with Crippen molar-refractivity contribution in [1.29, 1.82) is 5.26 Å². The lowest BCUT2D eigenvalue weighted by molar-refractivity contribution is -0.112. The van der Waals surface area contributed by atoms with Gasteiger partial charge < -0.3 is 9.30 Å². The first kappa shape index (κ1) is 21.3. The number of nitrogens with zero attached hydrogens (tertiary/aromatic N) is 4. The van der Waals surface area contributed by atoms with Crippen molar-refractivity contribution in [1.82, 2.24) is 14.8 Å². The third-order valence-corrected chi connectivity index (χ3v) is 5.80. The Morgan fingerprint density at radius 3 is 2.72 bits per heavy atom. The largest absolute Gasteiger partial charge is 0.492 e. The van der Waals surface area contributed by atoms with Crippen LogP contribution < -0.4 is 10.1 Å². The van der Waals surface area contributed by atoms with Crippen molar-refractivity contribution < 1.29 is 9.53 Å². The van der Waals surface area contributed by atoms with Crippen molar-refractivity contribution in [3.05, 3.63) is 76.9 Å². The Labute approximate surface area is 189 Å². The summed E-state index contributed by atoms with van der Waals surface area (Å²) in [5.74, 6) is 0.311. The lowest BCUT2D eigenvalue weighted by Gasteiger charge is -2.08. The number of nitriles is 1. The third kappa shape index (κ3) is 4.85. The second kappa shape index (κ2) is 9.90. The highest BCUT2D eigenvalue weighted by atomic mass is 32.1. The predicted octanol–water partition coefficient (Wildman–Crippen LogP) is 4.68. The molecule has 1 N–H and O–H groups in total. The van der Waals surface area contributed by atoms with E-state index in [1.165, 1.54) is 11.3 Å². The number of hydrogen-bond acceptors (Lipinski definition) is 6. The molecule has 0 radical (unpaired) electrons. The van der Waals surface area contributed by atoms with E-state index in [4.69, 9.17) is 4.74 Å². The van der Waals surface area contributed by atoms with Crippen LogP contribution in [0.15, 0.2) is 66.4 Å². The third-order valence-electron chi connectivity index (χ3n) is 4.82. The van der Waals surface area contributed by atoms with Gasteiger partial charge in [-0.25, -0.2) is 0 Å². The molecule has 0 saturated heterocycles. The van der Waals surface area contributed by atoms with Gasteiger partial charge in [-0.05, 0) is 30.7 Å². The minimum atomic E-state index is -0.504. The zero-order valence-electron chi connectivity index (χ0n) is 17.5. The smallest absolute Gasteiger partial charge is 0.268 e. The number of ether oxygens (including phenoxy) is 1. The molecule has 0 saturated carbocycles.